The Labute approximate surface area is 120 Å². The van der Waals surface area contributed by atoms with Crippen LogP contribution in [0, 0.1) is 5.92 Å². The minimum atomic E-state index is 0.130. The van der Waals surface area contributed by atoms with Crippen molar-refractivity contribution in [2.24, 2.45) is 5.92 Å². The van der Waals surface area contributed by atoms with Crippen molar-refractivity contribution in [3.05, 3.63) is 0 Å². The van der Waals surface area contributed by atoms with E-state index in [0.29, 0.717) is 11.2 Å². The van der Waals surface area contributed by atoms with E-state index in [-0.39, 0.29) is 6.03 Å². The van der Waals surface area contributed by atoms with E-state index in [1.165, 1.54) is 12.2 Å². The maximum atomic E-state index is 12.0. The lowest BCUT2D eigenvalue weighted by Crippen LogP contribution is -2.48. The maximum absolute atomic E-state index is 12.0. The highest BCUT2D eigenvalue weighted by Crippen LogP contribution is 2.24. The Kier molecular flexibility index (Phi) is 7.98. The summed E-state index contributed by atoms with van der Waals surface area (Å²) in [6.45, 7) is 7.09. The lowest BCUT2D eigenvalue weighted by atomic mass is 10.1. The van der Waals surface area contributed by atoms with Crippen LogP contribution in [0.2, 0.25) is 0 Å². The quantitative estimate of drug-likeness (QED) is 0.763. The molecule has 0 bridgehead atoms. The highest BCUT2D eigenvalue weighted by molar-refractivity contribution is 8.00. The van der Waals surface area contributed by atoms with Crippen LogP contribution in [-0.4, -0.2) is 53.6 Å². The van der Waals surface area contributed by atoms with E-state index < -0.39 is 0 Å². The van der Waals surface area contributed by atoms with Gasteiger partial charge in [0.05, 0.1) is 0 Å². The molecule has 18 heavy (non-hydrogen) atoms. The van der Waals surface area contributed by atoms with Crippen LogP contribution in [0.1, 0.15) is 26.7 Å². The summed E-state index contributed by atoms with van der Waals surface area (Å²) in [6.07, 6.45) is 4.39. The van der Waals surface area contributed by atoms with Gasteiger partial charge in [-0.15, -0.1) is 0 Å². The molecule has 106 valence electrons. The normalized spacial score (nSPS) is 20.2. The molecule has 1 saturated heterocycles. The van der Waals surface area contributed by atoms with E-state index in [1.807, 2.05) is 28.4 Å². The molecule has 1 rings (SSSR count). The molecule has 0 aromatic heterocycles. The molecule has 1 atom stereocenters. The molecule has 0 radical (unpaired) electrons. The second kappa shape index (κ2) is 8.97. The first kappa shape index (κ1) is 16.0. The van der Waals surface area contributed by atoms with Crippen molar-refractivity contribution in [1.29, 1.82) is 0 Å². The molecule has 1 aliphatic heterocycles. The Hall–Kier alpha value is -0.0300. The number of nitrogens with zero attached hydrogens (tertiary/aromatic N) is 1. The molecule has 1 aliphatic rings. The first-order valence-electron chi connectivity index (χ1n) is 6.78. The molecule has 0 aliphatic carbocycles. The Bertz CT molecular complexity index is 249. The minimum absolute atomic E-state index is 0.130. The minimum Gasteiger partial charge on any atom is -0.338 e. The number of rotatable bonds is 6. The van der Waals surface area contributed by atoms with Gasteiger partial charge >= 0.3 is 6.03 Å². The van der Waals surface area contributed by atoms with Gasteiger partial charge in [-0.25, -0.2) is 4.79 Å². The Morgan fingerprint density at radius 2 is 2.28 bits per heavy atom. The van der Waals surface area contributed by atoms with Crippen LogP contribution >= 0.6 is 23.5 Å². The lowest BCUT2D eigenvalue weighted by Gasteiger charge is -2.34. The molecule has 0 spiro atoms. The molecule has 0 saturated carbocycles. The molecule has 0 unspecified atom stereocenters. The lowest BCUT2D eigenvalue weighted by molar-refractivity contribution is 0.197. The topological polar surface area (TPSA) is 32.3 Å². The van der Waals surface area contributed by atoms with Crippen molar-refractivity contribution in [1.82, 2.24) is 10.2 Å². The summed E-state index contributed by atoms with van der Waals surface area (Å²) < 4.78 is 0. The Balaban J connectivity index is 2.20. The van der Waals surface area contributed by atoms with Crippen LogP contribution in [0.3, 0.4) is 0 Å². The fraction of sp³-hybridized carbons (Fsp3) is 0.923. The zero-order valence-electron chi connectivity index (χ0n) is 11.8. The van der Waals surface area contributed by atoms with Gasteiger partial charge in [0.2, 0.25) is 0 Å². The largest absolute Gasteiger partial charge is 0.338 e. The molecule has 0 aromatic carbocycles. The Morgan fingerprint density at radius 1 is 1.50 bits per heavy atom. The fourth-order valence-corrected chi connectivity index (χ4v) is 3.73. The van der Waals surface area contributed by atoms with Crippen LogP contribution in [-0.2, 0) is 0 Å². The summed E-state index contributed by atoms with van der Waals surface area (Å²) in [4.78, 5) is 14.0. The van der Waals surface area contributed by atoms with Gasteiger partial charge in [0, 0.05) is 30.6 Å². The van der Waals surface area contributed by atoms with Gasteiger partial charge in [0.15, 0.2) is 0 Å². The summed E-state index contributed by atoms with van der Waals surface area (Å²) in [5.41, 5.74) is 0. The fourth-order valence-electron chi connectivity index (χ4n) is 1.94. The number of hydrogen-bond donors (Lipinski definition) is 1. The second-order valence-corrected chi connectivity index (χ2v) is 7.36. The number of amides is 2. The van der Waals surface area contributed by atoms with Crippen LogP contribution < -0.4 is 5.32 Å². The summed E-state index contributed by atoms with van der Waals surface area (Å²) >= 11 is 3.87. The first-order chi connectivity index (χ1) is 8.65. The molecule has 2 amide bonds. The number of thioether (sulfide) groups is 2. The van der Waals surface area contributed by atoms with Crippen LogP contribution in [0.4, 0.5) is 4.79 Å². The van der Waals surface area contributed by atoms with E-state index in [4.69, 9.17) is 0 Å². The van der Waals surface area contributed by atoms with Crippen LogP contribution in [0.15, 0.2) is 0 Å². The second-order valence-electron chi connectivity index (χ2n) is 5.03. The van der Waals surface area contributed by atoms with Gasteiger partial charge < -0.3 is 10.2 Å². The zero-order valence-corrected chi connectivity index (χ0v) is 13.4. The summed E-state index contributed by atoms with van der Waals surface area (Å²) in [5, 5.41) is 3.64. The number of unbranched alkanes of at least 4 members (excludes halogenated alkanes) is 1. The average Bonchev–Trinajstić information content (AvgIpc) is 2.38. The van der Waals surface area contributed by atoms with Crippen molar-refractivity contribution >= 4 is 29.6 Å². The molecular formula is C13H26N2OS2. The zero-order chi connectivity index (χ0) is 13.4. The predicted octanol–water partition coefficient (Wildman–Crippen LogP) is 2.91. The van der Waals surface area contributed by atoms with E-state index in [0.717, 1.165) is 31.8 Å². The van der Waals surface area contributed by atoms with Gasteiger partial charge in [-0.2, -0.15) is 23.5 Å². The summed E-state index contributed by atoms with van der Waals surface area (Å²) in [7, 11) is 0. The smallest absolute Gasteiger partial charge is 0.317 e. The third-order valence-electron chi connectivity index (χ3n) is 3.18. The van der Waals surface area contributed by atoms with Crippen molar-refractivity contribution in [3.63, 3.8) is 0 Å². The van der Waals surface area contributed by atoms with E-state index in [1.54, 1.807) is 0 Å². The molecular weight excluding hydrogens is 264 g/mol. The van der Waals surface area contributed by atoms with E-state index in [9.17, 15) is 4.79 Å². The molecule has 1 heterocycles. The highest BCUT2D eigenvalue weighted by Gasteiger charge is 2.25. The van der Waals surface area contributed by atoms with Crippen molar-refractivity contribution in [3.8, 4) is 0 Å². The monoisotopic (exact) mass is 290 g/mol. The molecule has 3 nitrogen and oxygen atoms in total. The summed E-state index contributed by atoms with van der Waals surface area (Å²) in [5.74, 6) is 2.90. The van der Waals surface area contributed by atoms with Gasteiger partial charge in [0.25, 0.3) is 0 Å². The van der Waals surface area contributed by atoms with Crippen molar-refractivity contribution < 1.29 is 4.79 Å². The maximum Gasteiger partial charge on any atom is 0.317 e. The summed E-state index contributed by atoms with van der Waals surface area (Å²) in [6, 6.07) is 0.130. The first-order valence-corrected chi connectivity index (χ1v) is 9.22. The standard InChI is InChI=1S/C13H26N2OS2/c1-11(2)12-10-15(7-9-18-12)13(16)14-6-4-5-8-17-3/h11-12H,4-10H2,1-3H3,(H,14,16)/t12-/m0/s1. The Morgan fingerprint density at radius 3 is 2.94 bits per heavy atom. The SMILES string of the molecule is CSCCCCNC(=O)N1CCS[C@H](C(C)C)C1. The number of carbonyl (C=O) groups excluding carboxylic acids is 1. The average molecular weight is 290 g/mol. The molecule has 0 aromatic rings. The highest BCUT2D eigenvalue weighted by atomic mass is 32.2. The van der Waals surface area contributed by atoms with Gasteiger partial charge in [-0.3, -0.25) is 0 Å². The molecule has 1 N–H and O–H groups in total. The third-order valence-corrected chi connectivity index (χ3v) is 5.41. The van der Waals surface area contributed by atoms with Gasteiger partial charge in [-0.05, 0) is 30.8 Å². The number of carbonyl (C=O) groups is 1. The van der Waals surface area contributed by atoms with E-state index >= 15 is 0 Å². The predicted molar refractivity (Wildman–Crippen MR) is 83.7 cm³/mol. The van der Waals surface area contributed by atoms with Gasteiger partial charge in [0.1, 0.15) is 0 Å². The van der Waals surface area contributed by atoms with Crippen molar-refractivity contribution in [2.45, 2.75) is 31.9 Å². The molecule has 1 fully saturated rings. The van der Waals surface area contributed by atoms with Crippen molar-refractivity contribution in [2.75, 3.05) is 37.4 Å². The number of urea groups is 1. The van der Waals surface area contributed by atoms with Crippen LogP contribution in [0.5, 0.6) is 0 Å². The van der Waals surface area contributed by atoms with Crippen LogP contribution in [0.25, 0.3) is 0 Å². The molecule has 5 heteroatoms. The van der Waals surface area contributed by atoms with E-state index in [2.05, 4.69) is 25.4 Å². The number of nitrogens with one attached hydrogen (secondary N) is 1. The van der Waals surface area contributed by atoms with Gasteiger partial charge in [-0.1, -0.05) is 13.8 Å². The number of hydrogen-bond acceptors (Lipinski definition) is 3. The third kappa shape index (κ3) is 5.74.